The average molecular weight is 328 g/mol. The van der Waals surface area contributed by atoms with Gasteiger partial charge in [0.15, 0.2) is 0 Å². The monoisotopic (exact) mass is 328 g/mol. The van der Waals surface area contributed by atoms with Crippen molar-refractivity contribution in [3.63, 3.8) is 0 Å². The number of nitro groups is 1. The van der Waals surface area contributed by atoms with Crippen molar-refractivity contribution in [1.82, 2.24) is 9.78 Å². The molecule has 0 saturated heterocycles. The lowest BCUT2D eigenvalue weighted by Crippen LogP contribution is -2.33. The molecule has 1 N–H and O–H groups in total. The van der Waals surface area contributed by atoms with Crippen molar-refractivity contribution < 1.29 is 9.72 Å². The number of hydrogen-bond acceptors (Lipinski definition) is 5. The van der Waals surface area contributed by atoms with Crippen molar-refractivity contribution in [2.24, 2.45) is 0 Å². The molecule has 0 spiro atoms. The summed E-state index contributed by atoms with van der Waals surface area (Å²) in [6, 6.07) is 6.27. The van der Waals surface area contributed by atoms with E-state index in [-0.39, 0.29) is 11.2 Å². The third kappa shape index (κ3) is 3.03. The second kappa shape index (κ2) is 6.23. The quantitative estimate of drug-likeness (QED) is 0.680. The third-order valence-electron chi connectivity index (χ3n) is 4.07. The number of nitrogens with zero attached hydrogens (tertiary/aromatic N) is 3. The summed E-state index contributed by atoms with van der Waals surface area (Å²) in [4.78, 5) is 34.6. The molecular weight excluding hydrogens is 312 g/mol. The van der Waals surface area contributed by atoms with Crippen LogP contribution in [0.3, 0.4) is 0 Å². The Labute approximate surface area is 137 Å². The van der Waals surface area contributed by atoms with E-state index in [0.29, 0.717) is 5.69 Å². The lowest BCUT2D eigenvalue weighted by atomic mass is 10.2. The van der Waals surface area contributed by atoms with Crippen molar-refractivity contribution in [3.8, 4) is 0 Å². The summed E-state index contributed by atoms with van der Waals surface area (Å²) in [5.74, 6) is -0.406. The molecule has 124 valence electrons. The van der Waals surface area contributed by atoms with E-state index in [2.05, 4.69) is 10.4 Å². The number of nitrogens with one attached hydrogen (secondary N) is 1. The van der Waals surface area contributed by atoms with Crippen LogP contribution in [0.5, 0.6) is 0 Å². The second-order valence-corrected chi connectivity index (χ2v) is 5.72. The van der Waals surface area contributed by atoms with Crippen LogP contribution >= 0.6 is 0 Å². The van der Waals surface area contributed by atoms with E-state index in [9.17, 15) is 19.7 Å². The van der Waals surface area contributed by atoms with Gasteiger partial charge in [0.1, 0.15) is 6.04 Å². The first-order valence-electron chi connectivity index (χ1n) is 7.62. The second-order valence-electron chi connectivity index (χ2n) is 5.72. The summed E-state index contributed by atoms with van der Waals surface area (Å²) < 4.78 is 1.19. The maximum atomic E-state index is 12.3. The Hall–Kier alpha value is -3.03. The molecule has 8 heteroatoms. The topological polar surface area (TPSA) is 107 Å². The molecule has 1 unspecified atom stereocenters. The lowest BCUT2D eigenvalue weighted by Gasteiger charge is -2.15. The van der Waals surface area contributed by atoms with Gasteiger partial charge in [-0.1, -0.05) is 0 Å². The fourth-order valence-corrected chi connectivity index (χ4v) is 2.72. The molecule has 1 heterocycles. The van der Waals surface area contributed by atoms with Gasteiger partial charge in [0, 0.05) is 23.9 Å². The molecule has 0 aliphatic heterocycles. The van der Waals surface area contributed by atoms with Crippen LogP contribution in [-0.2, 0) is 17.6 Å². The van der Waals surface area contributed by atoms with Gasteiger partial charge in [-0.05, 0) is 43.9 Å². The normalized spacial score (nSPS) is 14.0. The lowest BCUT2D eigenvalue weighted by molar-refractivity contribution is -0.384. The van der Waals surface area contributed by atoms with Crippen molar-refractivity contribution in [1.29, 1.82) is 0 Å². The number of hydrogen-bond donors (Lipinski definition) is 1. The maximum absolute atomic E-state index is 12.3. The molecular formula is C16H16N4O4. The van der Waals surface area contributed by atoms with Crippen molar-refractivity contribution in [2.45, 2.75) is 32.2 Å². The Bertz CT molecular complexity index is 857. The van der Waals surface area contributed by atoms with Crippen LogP contribution in [0.1, 0.15) is 30.6 Å². The molecule has 0 fully saturated rings. The number of fused-ring (bicyclic) bond motifs is 1. The van der Waals surface area contributed by atoms with Crippen LogP contribution in [-0.4, -0.2) is 20.6 Å². The zero-order valence-electron chi connectivity index (χ0n) is 13.1. The third-order valence-corrected chi connectivity index (χ3v) is 4.07. The number of carbonyl (C=O) groups excluding carboxylic acids is 1. The molecule has 1 aliphatic rings. The van der Waals surface area contributed by atoms with Crippen molar-refractivity contribution in [2.75, 3.05) is 5.32 Å². The number of amides is 1. The molecule has 0 bridgehead atoms. The smallest absolute Gasteiger partial charge is 0.269 e. The van der Waals surface area contributed by atoms with E-state index < -0.39 is 16.9 Å². The number of aryl methyl sites for hydroxylation is 2. The largest absolute Gasteiger partial charge is 0.324 e. The number of carbonyl (C=O) groups is 1. The van der Waals surface area contributed by atoms with Crippen LogP contribution in [0.2, 0.25) is 0 Å². The molecule has 1 aliphatic carbocycles. The van der Waals surface area contributed by atoms with E-state index in [1.54, 1.807) is 13.0 Å². The number of rotatable bonds is 4. The van der Waals surface area contributed by atoms with Gasteiger partial charge >= 0.3 is 0 Å². The fourth-order valence-electron chi connectivity index (χ4n) is 2.72. The Morgan fingerprint density at radius 1 is 1.33 bits per heavy atom. The Morgan fingerprint density at radius 2 is 2.04 bits per heavy atom. The number of benzene rings is 1. The highest BCUT2D eigenvalue weighted by molar-refractivity contribution is 5.93. The van der Waals surface area contributed by atoms with Crippen LogP contribution < -0.4 is 10.9 Å². The van der Waals surface area contributed by atoms with Crippen LogP contribution in [0.25, 0.3) is 0 Å². The van der Waals surface area contributed by atoms with E-state index in [1.165, 1.54) is 28.9 Å². The SMILES string of the molecule is CC(C(=O)Nc1ccc([N+](=O)[O-])cc1)n1nc2c(cc1=O)CCC2. The van der Waals surface area contributed by atoms with Gasteiger partial charge in [-0.15, -0.1) is 0 Å². The molecule has 24 heavy (non-hydrogen) atoms. The first kappa shape index (κ1) is 15.9. The first-order valence-corrected chi connectivity index (χ1v) is 7.62. The van der Waals surface area contributed by atoms with Gasteiger partial charge in [-0.2, -0.15) is 5.10 Å². The number of non-ortho nitro benzene ring substituents is 1. The molecule has 0 radical (unpaired) electrons. The average Bonchev–Trinajstić information content (AvgIpc) is 3.01. The fraction of sp³-hybridized carbons (Fsp3) is 0.312. The minimum Gasteiger partial charge on any atom is -0.324 e. The predicted molar refractivity (Wildman–Crippen MR) is 87.0 cm³/mol. The predicted octanol–water partition coefficient (Wildman–Crippen LogP) is 1.84. The van der Waals surface area contributed by atoms with Crippen LogP contribution in [0.15, 0.2) is 35.1 Å². The van der Waals surface area contributed by atoms with E-state index >= 15 is 0 Å². The van der Waals surface area contributed by atoms with Gasteiger partial charge in [-0.25, -0.2) is 4.68 Å². The van der Waals surface area contributed by atoms with Crippen molar-refractivity contribution in [3.05, 3.63) is 62.1 Å². The highest BCUT2D eigenvalue weighted by Gasteiger charge is 2.21. The maximum Gasteiger partial charge on any atom is 0.269 e. The van der Waals surface area contributed by atoms with Gasteiger partial charge in [0.2, 0.25) is 5.91 Å². The molecule has 0 saturated carbocycles. The van der Waals surface area contributed by atoms with E-state index in [0.717, 1.165) is 30.5 Å². The number of aromatic nitrogens is 2. The standard InChI is InChI=1S/C16H16N4O4/c1-10(19-15(21)9-11-3-2-4-14(11)18-19)16(22)17-12-5-7-13(8-6-12)20(23)24/h5-10H,2-4H2,1H3,(H,17,22). The Morgan fingerprint density at radius 3 is 2.71 bits per heavy atom. The molecule has 2 aromatic rings. The Balaban J connectivity index is 1.77. The van der Waals surface area contributed by atoms with Gasteiger partial charge in [0.05, 0.1) is 10.6 Å². The number of anilines is 1. The first-order chi connectivity index (χ1) is 11.5. The summed E-state index contributed by atoms with van der Waals surface area (Å²) in [6.45, 7) is 1.59. The molecule has 1 amide bonds. The summed E-state index contributed by atoms with van der Waals surface area (Å²) in [5.41, 5.74) is 1.88. The molecule has 3 rings (SSSR count). The summed E-state index contributed by atoms with van der Waals surface area (Å²) in [7, 11) is 0. The zero-order chi connectivity index (χ0) is 17.3. The molecule has 1 aromatic heterocycles. The molecule has 8 nitrogen and oxygen atoms in total. The Kier molecular flexibility index (Phi) is 4.11. The van der Waals surface area contributed by atoms with Gasteiger partial charge in [-0.3, -0.25) is 19.7 Å². The zero-order valence-corrected chi connectivity index (χ0v) is 13.1. The molecule has 1 atom stereocenters. The summed E-state index contributed by atoms with van der Waals surface area (Å²) >= 11 is 0. The van der Waals surface area contributed by atoms with Crippen molar-refractivity contribution >= 4 is 17.3 Å². The van der Waals surface area contributed by atoms with E-state index in [4.69, 9.17) is 0 Å². The van der Waals surface area contributed by atoms with Gasteiger partial charge in [0.25, 0.3) is 11.2 Å². The summed E-state index contributed by atoms with van der Waals surface area (Å²) in [5, 5.41) is 17.6. The highest BCUT2D eigenvalue weighted by Crippen LogP contribution is 2.19. The molecule has 1 aromatic carbocycles. The minimum atomic E-state index is -0.779. The highest BCUT2D eigenvalue weighted by atomic mass is 16.6. The number of nitro benzene ring substituents is 1. The minimum absolute atomic E-state index is 0.0578. The van der Waals surface area contributed by atoms with Gasteiger partial charge < -0.3 is 5.32 Å². The summed E-state index contributed by atoms with van der Waals surface area (Å²) in [6.07, 6.45) is 2.63. The van der Waals surface area contributed by atoms with Crippen LogP contribution in [0.4, 0.5) is 11.4 Å². The van der Waals surface area contributed by atoms with Crippen LogP contribution in [0, 0.1) is 10.1 Å². The van der Waals surface area contributed by atoms with E-state index in [1.807, 2.05) is 0 Å².